The lowest BCUT2D eigenvalue weighted by Gasteiger charge is -2.34. The van der Waals surface area contributed by atoms with E-state index in [2.05, 4.69) is 6.92 Å². The van der Waals surface area contributed by atoms with Crippen molar-refractivity contribution in [2.24, 2.45) is 0 Å². The van der Waals surface area contributed by atoms with Crippen LogP contribution >= 0.6 is 0 Å². The minimum atomic E-state index is -1.56. The molecule has 0 saturated carbocycles. The molecule has 0 bridgehead atoms. The van der Waals surface area contributed by atoms with Crippen LogP contribution in [0, 0.1) is 0 Å². The number of aliphatic hydroxyl groups is 3. The van der Waals surface area contributed by atoms with Crippen LogP contribution in [0.4, 0.5) is 0 Å². The van der Waals surface area contributed by atoms with Gasteiger partial charge in [-0.2, -0.15) is 0 Å². The zero-order chi connectivity index (χ0) is 16.4. The Morgan fingerprint density at radius 2 is 1.64 bits per heavy atom. The first-order valence-corrected chi connectivity index (χ1v) is 8.39. The van der Waals surface area contributed by atoms with Gasteiger partial charge in [-0.1, -0.05) is 51.9 Å². The predicted molar refractivity (Wildman–Crippen MR) is 81.3 cm³/mol. The molecule has 1 rings (SSSR count). The third-order valence-corrected chi connectivity index (χ3v) is 3.97. The maximum Gasteiger partial charge on any atom is 0.221 e. The summed E-state index contributed by atoms with van der Waals surface area (Å²) in [5, 5.41) is 28.2. The van der Waals surface area contributed by atoms with Gasteiger partial charge in [-0.15, -0.1) is 0 Å². The normalized spacial score (nSPS) is 29.0. The number of hydrogen-bond donors (Lipinski definition) is 3. The lowest BCUT2D eigenvalue weighted by atomic mass is 10.0. The van der Waals surface area contributed by atoms with Gasteiger partial charge < -0.3 is 24.8 Å². The fraction of sp³-hybridized carbons (Fsp3) is 0.938. The Kier molecular flexibility index (Phi) is 9.82. The highest BCUT2D eigenvalue weighted by molar-refractivity contribution is 5.87. The molecule has 1 heterocycles. The van der Waals surface area contributed by atoms with Crippen molar-refractivity contribution in [1.82, 2.24) is 0 Å². The summed E-state index contributed by atoms with van der Waals surface area (Å²) in [5.41, 5.74) is 0. The van der Waals surface area contributed by atoms with Crippen LogP contribution in [0.5, 0.6) is 0 Å². The Hall–Kier alpha value is -0.530. The van der Waals surface area contributed by atoms with E-state index in [0.29, 0.717) is 6.61 Å². The van der Waals surface area contributed by atoms with E-state index in [1.54, 1.807) is 0 Å². The molecule has 4 atom stereocenters. The van der Waals surface area contributed by atoms with Gasteiger partial charge in [0.05, 0.1) is 13.2 Å². The van der Waals surface area contributed by atoms with Gasteiger partial charge in [-0.25, -0.2) is 0 Å². The molecular formula is C16H30O6. The quantitative estimate of drug-likeness (QED) is 0.495. The van der Waals surface area contributed by atoms with Crippen molar-refractivity contribution in [3.63, 3.8) is 0 Å². The lowest BCUT2D eigenvalue weighted by Crippen LogP contribution is -2.56. The van der Waals surface area contributed by atoms with Crippen LogP contribution in [-0.4, -0.2) is 58.9 Å². The largest absolute Gasteiger partial charge is 0.394 e. The summed E-state index contributed by atoms with van der Waals surface area (Å²) in [5.74, 6) is -0.684. The van der Waals surface area contributed by atoms with E-state index in [-0.39, 0.29) is 0 Å². The maximum atomic E-state index is 11.7. The van der Waals surface area contributed by atoms with Gasteiger partial charge in [-0.05, 0) is 6.42 Å². The molecule has 1 aliphatic rings. The molecule has 0 aliphatic carbocycles. The van der Waals surface area contributed by atoms with Crippen LogP contribution in [0.2, 0.25) is 0 Å². The standard InChI is InChI=1S/C16H30O6/c1-2-3-4-5-6-7-8-9-10-21-16-15(20)14(19)13(18)12(11-17)22-16/h12-14,16-19H,2-11H2,1H3/t12-,13-,14+,16?/m1/s1. The average Bonchev–Trinajstić information content (AvgIpc) is 2.53. The van der Waals surface area contributed by atoms with E-state index in [0.717, 1.165) is 19.3 Å². The number of Topliss-reactive ketones (excluding diaryl/α,β-unsaturated/α-hetero) is 1. The van der Waals surface area contributed by atoms with Crippen molar-refractivity contribution in [3.8, 4) is 0 Å². The van der Waals surface area contributed by atoms with E-state index in [1.807, 2.05) is 0 Å². The van der Waals surface area contributed by atoms with Crippen molar-refractivity contribution in [1.29, 1.82) is 0 Å². The van der Waals surface area contributed by atoms with Crippen LogP contribution in [0.25, 0.3) is 0 Å². The third kappa shape index (κ3) is 6.30. The van der Waals surface area contributed by atoms with Crippen LogP contribution in [-0.2, 0) is 14.3 Å². The molecule has 0 aromatic rings. The molecule has 0 spiro atoms. The van der Waals surface area contributed by atoms with Crippen molar-refractivity contribution in [2.45, 2.75) is 82.9 Å². The monoisotopic (exact) mass is 318 g/mol. The number of carbonyl (C=O) groups is 1. The summed E-state index contributed by atoms with van der Waals surface area (Å²) >= 11 is 0. The van der Waals surface area contributed by atoms with Crippen LogP contribution in [0.1, 0.15) is 58.3 Å². The first-order valence-electron chi connectivity index (χ1n) is 8.39. The second-order valence-corrected chi connectivity index (χ2v) is 5.87. The molecule has 1 fully saturated rings. The Balaban J connectivity index is 2.12. The number of aliphatic hydroxyl groups excluding tert-OH is 3. The minimum Gasteiger partial charge on any atom is -0.394 e. The molecule has 6 heteroatoms. The van der Waals surface area contributed by atoms with Gasteiger partial charge in [0.25, 0.3) is 0 Å². The van der Waals surface area contributed by atoms with E-state index < -0.39 is 37.0 Å². The SMILES string of the molecule is CCCCCCCCCCOC1O[C@H](CO)[C@@H](O)[C@H](O)C1=O. The number of hydrogen-bond acceptors (Lipinski definition) is 6. The number of carbonyl (C=O) groups excluding carboxylic acids is 1. The zero-order valence-corrected chi connectivity index (χ0v) is 13.4. The molecule has 0 amide bonds. The van der Waals surface area contributed by atoms with Crippen molar-refractivity contribution in [2.75, 3.05) is 13.2 Å². The molecular weight excluding hydrogens is 288 g/mol. The van der Waals surface area contributed by atoms with Crippen molar-refractivity contribution < 1.29 is 29.6 Å². The predicted octanol–water partition coefficient (Wildman–Crippen LogP) is 1.15. The summed E-state index contributed by atoms with van der Waals surface area (Å²) in [6.45, 7) is 2.10. The summed E-state index contributed by atoms with van der Waals surface area (Å²) < 4.78 is 10.5. The Morgan fingerprint density at radius 1 is 1.05 bits per heavy atom. The highest BCUT2D eigenvalue weighted by Crippen LogP contribution is 2.19. The van der Waals surface area contributed by atoms with Gasteiger partial charge in [-0.3, -0.25) is 4.79 Å². The van der Waals surface area contributed by atoms with E-state index in [1.165, 1.54) is 32.1 Å². The second kappa shape index (κ2) is 11.1. The third-order valence-electron chi connectivity index (χ3n) is 3.97. The van der Waals surface area contributed by atoms with E-state index in [9.17, 15) is 15.0 Å². The molecule has 0 aromatic heterocycles. The molecule has 1 saturated heterocycles. The molecule has 0 radical (unpaired) electrons. The van der Waals surface area contributed by atoms with Gasteiger partial charge >= 0.3 is 0 Å². The van der Waals surface area contributed by atoms with Crippen LogP contribution in [0.3, 0.4) is 0 Å². The van der Waals surface area contributed by atoms with Crippen molar-refractivity contribution >= 4 is 5.78 Å². The summed E-state index contributed by atoms with van der Waals surface area (Å²) in [6.07, 6.45) is 4.17. The zero-order valence-electron chi connectivity index (χ0n) is 13.4. The van der Waals surface area contributed by atoms with E-state index in [4.69, 9.17) is 14.6 Å². The fourth-order valence-electron chi connectivity index (χ4n) is 2.52. The Morgan fingerprint density at radius 3 is 2.23 bits per heavy atom. The summed E-state index contributed by atoms with van der Waals surface area (Å²) in [7, 11) is 0. The second-order valence-electron chi connectivity index (χ2n) is 5.87. The smallest absolute Gasteiger partial charge is 0.221 e. The average molecular weight is 318 g/mol. The number of ether oxygens (including phenoxy) is 2. The fourth-order valence-corrected chi connectivity index (χ4v) is 2.52. The molecule has 3 N–H and O–H groups in total. The highest BCUT2D eigenvalue weighted by atomic mass is 16.7. The summed E-state index contributed by atoms with van der Waals surface area (Å²) in [6, 6.07) is 0. The molecule has 130 valence electrons. The summed E-state index contributed by atoms with van der Waals surface area (Å²) in [4.78, 5) is 11.7. The first-order chi connectivity index (χ1) is 10.6. The number of rotatable bonds is 11. The van der Waals surface area contributed by atoms with Crippen LogP contribution < -0.4 is 0 Å². The molecule has 1 unspecified atom stereocenters. The van der Waals surface area contributed by atoms with Gasteiger partial charge in [0, 0.05) is 0 Å². The highest BCUT2D eigenvalue weighted by Gasteiger charge is 2.43. The van der Waals surface area contributed by atoms with Gasteiger partial charge in [0.2, 0.25) is 12.1 Å². The van der Waals surface area contributed by atoms with Crippen molar-refractivity contribution in [3.05, 3.63) is 0 Å². The van der Waals surface area contributed by atoms with Gasteiger partial charge in [0.1, 0.15) is 18.3 Å². The topological polar surface area (TPSA) is 96.2 Å². The molecule has 0 aromatic carbocycles. The molecule has 1 aliphatic heterocycles. The van der Waals surface area contributed by atoms with E-state index >= 15 is 0 Å². The first kappa shape index (κ1) is 19.5. The molecule has 6 nitrogen and oxygen atoms in total. The molecule has 22 heavy (non-hydrogen) atoms. The lowest BCUT2D eigenvalue weighted by molar-refractivity contribution is -0.239. The number of unbranched alkanes of at least 4 members (excludes halogenated alkanes) is 7. The van der Waals surface area contributed by atoms with Gasteiger partial charge in [0.15, 0.2) is 0 Å². The van der Waals surface area contributed by atoms with Crippen LogP contribution in [0.15, 0.2) is 0 Å². The minimum absolute atomic E-state index is 0.367. The number of ketones is 1. The maximum absolute atomic E-state index is 11.7. The Bertz CT molecular complexity index is 309. The Labute approximate surface area is 132 Å².